The topological polar surface area (TPSA) is 21.7 Å². The zero-order valence-corrected chi connectivity index (χ0v) is 16.1. The Morgan fingerprint density at radius 1 is 0.826 bits per heavy atom. The van der Waals surface area contributed by atoms with Crippen molar-refractivity contribution in [1.29, 1.82) is 0 Å². The molecule has 0 saturated heterocycles. The fourth-order valence-corrected chi connectivity index (χ4v) is 2.41. The van der Waals surface area contributed by atoms with E-state index in [1.54, 1.807) is 0 Å². The van der Waals surface area contributed by atoms with Crippen LogP contribution in [0, 0.1) is 0 Å². The Balaban J connectivity index is 3.17. The molecule has 0 radical (unpaired) electrons. The van der Waals surface area contributed by atoms with Gasteiger partial charge >= 0.3 is 0 Å². The monoisotopic (exact) mass is 327 g/mol. The molecule has 3 heteroatoms. The van der Waals surface area contributed by atoms with Crippen LogP contribution in [-0.2, 0) is 9.47 Å². The van der Waals surface area contributed by atoms with Gasteiger partial charge in [0.05, 0.1) is 13.2 Å². The molecule has 0 saturated carbocycles. The quantitative estimate of drug-likeness (QED) is 0.248. The lowest BCUT2D eigenvalue weighted by Gasteiger charge is -2.14. The summed E-state index contributed by atoms with van der Waals surface area (Å²) in [5.41, 5.74) is 0. The summed E-state index contributed by atoms with van der Waals surface area (Å²) >= 11 is 0. The Morgan fingerprint density at radius 2 is 1.39 bits per heavy atom. The van der Waals surface area contributed by atoms with E-state index in [2.05, 4.69) is 32.4 Å². The zero-order valence-electron chi connectivity index (χ0n) is 16.1. The molecule has 23 heavy (non-hydrogen) atoms. The van der Waals surface area contributed by atoms with Crippen molar-refractivity contribution in [3.8, 4) is 0 Å². The predicted molar refractivity (Wildman–Crippen MR) is 101 cm³/mol. The molecule has 0 heterocycles. The van der Waals surface area contributed by atoms with Gasteiger partial charge in [0, 0.05) is 6.54 Å². The molecule has 3 nitrogen and oxygen atoms in total. The van der Waals surface area contributed by atoms with E-state index in [1.807, 2.05) is 0 Å². The van der Waals surface area contributed by atoms with E-state index in [9.17, 15) is 0 Å². The van der Waals surface area contributed by atoms with Gasteiger partial charge in [-0.1, -0.05) is 78.2 Å². The second-order valence-corrected chi connectivity index (χ2v) is 6.52. The average molecular weight is 328 g/mol. The summed E-state index contributed by atoms with van der Waals surface area (Å²) in [6, 6.07) is 0. The van der Waals surface area contributed by atoms with Crippen LogP contribution < -0.4 is 0 Å². The van der Waals surface area contributed by atoms with Gasteiger partial charge in [0.2, 0.25) is 0 Å². The Labute approximate surface area is 145 Å². The van der Waals surface area contributed by atoms with Gasteiger partial charge in [-0.05, 0) is 20.0 Å². The first kappa shape index (κ1) is 22.5. The Bertz CT molecular complexity index is 256. The van der Waals surface area contributed by atoms with Gasteiger partial charge in [-0.3, -0.25) is 0 Å². The van der Waals surface area contributed by atoms with Crippen molar-refractivity contribution in [3.05, 3.63) is 12.3 Å². The normalized spacial score (nSPS) is 11.1. The first-order valence-corrected chi connectivity index (χ1v) is 9.77. The first-order chi connectivity index (χ1) is 11.2. The van der Waals surface area contributed by atoms with E-state index < -0.39 is 0 Å². The third kappa shape index (κ3) is 17.6. The van der Waals surface area contributed by atoms with Crippen molar-refractivity contribution in [2.75, 3.05) is 40.0 Å². The fourth-order valence-electron chi connectivity index (χ4n) is 2.41. The van der Waals surface area contributed by atoms with E-state index in [4.69, 9.17) is 9.47 Å². The first-order valence-electron chi connectivity index (χ1n) is 9.77. The average Bonchev–Trinajstić information content (AvgIpc) is 2.56. The highest BCUT2D eigenvalue weighted by atomic mass is 16.5. The van der Waals surface area contributed by atoms with Gasteiger partial charge in [-0.25, -0.2) is 0 Å². The summed E-state index contributed by atoms with van der Waals surface area (Å²) < 4.78 is 11.2. The molecular formula is C20H41NO2. The molecule has 0 unspecified atom stereocenters. The molecule has 138 valence electrons. The molecule has 0 bridgehead atoms. The number of rotatable bonds is 18. The lowest BCUT2D eigenvalue weighted by atomic mass is 10.1. The van der Waals surface area contributed by atoms with Crippen LogP contribution >= 0.6 is 0 Å². The maximum absolute atomic E-state index is 5.61. The molecule has 0 amide bonds. The van der Waals surface area contributed by atoms with Crippen molar-refractivity contribution in [2.24, 2.45) is 0 Å². The van der Waals surface area contributed by atoms with E-state index in [0.717, 1.165) is 38.5 Å². The highest BCUT2D eigenvalue weighted by Crippen LogP contribution is 2.10. The molecule has 0 spiro atoms. The number of likely N-dealkylation sites (N-methyl/N-ethyl adjacent to an activating group) is 1. The van der Waals surface area contributed by atoms with Gasteiger partial charge in [-0.2, -0.15) is 0 Å². The number of ether oxygens (including phenoxy) is 2. The van der Waals surface area contributed by atoms with Crippen LogP contribution in [0.2, 0.25) is 0 Å². The predicted octanol–water partition coefficient (Wildman–Crippen LogP) is 5.41. The van der Waals surface area contributed by atoms with Gasteiger partial charge in [0.15, 0.2) is 0 Å². The van der Waals surface area contributed by atoms with Crippen LogP contribution in [0.25, 0.3) is 0 Å². The largest absolute Gasteiger partial charge is 0.496 e. The van der Waals surface area contributed by atoms with Crippen LogP contribution in [0.4, 0.5) is 0 Å². The lowest BCUT2D eigenvalue weighted by Crippen LogP contribution is -2.23. The number of unbranched alkanes of at least 4 members (excludes halogenated alkanes) is 9. The van der Waals surface area contributed by atoms with Gasteiger partial charge in [-0.15, -0.1) is 0 Å². The van der Waals surface area contributed by atoms with E-state index >= 15 is 0 Å². The van der Waals surface area contributed by atoms with Crippen LogP contribution in [0.5, 0.6) is 0 Å². The van der Waals surface area contributed by atoms with Gasteiger partial charge < -0.3 is 14.4 Å². The SMILES string of the molecule is C=C(COCCN(C)CC)OCCCCCCCCCCCC. The standard InChI is InChI=1S/C20H41NO2/c1-5-7-8-9-10-11-12-13-14-15-17-23-20(3)19-22-18-16-21(4)6-2/h3,5-19H2,1-2,4H3. The Kier molecular flexibility index (Phi) is 17.4. The highest BCUT2D eigenvalue weighted by molar-refractivity contribution is 4.81. The van der Waals surface area contributed by atoms with Crippen molar-refractivity contribution in [3.63, 3.8) is 0 Å². The molecule has 0 aromatic heterocycles. The van der Waals surface area contributed by atoms with Crippen LogP contribution in [-0.4, -0.2) is 44.9 Å². The maximum Gasteiger partial charge on any atom is 0.114 e. The summed E-state index contributed by atoms with van der Waals surface area (Å²) in [6.07, 6.45) is 13.5. The molecule has 0 aromatic carbocycles. The van der Waals surface area contributed by atoms with Gasteiger partial charge in [0.1, 0.15) is 12.4 Å². The minimum Gasteiger partial charge on any atom is -0.496 e. The van der Waals surface area contributed by atoms with Crippen LogP contribution in [0.1, 0.15) is 78.1 Å². The molecule has 0 N–H and O–H groups in total. The minimum absolute atomic E-state index is 0.523. The molecule has 0 atom stereocenters. The van der Waals surface area contributed by atoms with E-state index in [1.165, 1.54) is 57.8 Å². The molecule has 0 rings (SSSR count). The van der Waals surface area contributed by atoms with Crippen molar-refractivity contribution < 1.29 is 9.47 Å². The third-order valence-electron chi connectivity index (χ3n) is 4.22. The lowest BCUT2D eigenvalue weighted by molar-refractivity contribution is 0.0853. The summed E-state index contributed by atoms with van der Waals surface area (Å²) in [6.45, 7) is 12.4. The van der Waals surface area contributed by atoms with Crippen molar-refractivity contribution in [1.82, 2.24) is 4.90 Å². The fraction of sp³-hybridized carbons (Fsp3) is 0.900. The Morgan fingerprint density at radius 3 is 1.96 bits per heavy atom. The molecule has 0 fully saturated rings. The van der Waals surface area contributed by atoms with Crippen molar-refractivity contribution >= 4 is 0 Å². The third-order valence-corrected chi connectivity index (χ3v) is 4.22. The molecule has 0 aliphatic rings. The Hall–Kier alpha value is -0.540. The van der Waals surface area contributed by atoms with Crippen LogP contribution in [0.15, 0.2) is 12.3 Å². The maximum atomic E-state index is 5.61. The van der Waals surface area contributed by atoms with Gasteiger partial charge in [0.25, 0.3) is 0 Å². The molecule has 0 aromatic rings. The molecule has 0 aliphatic carbocycles. The number of hydrogen-bond donors (Lipinski definition) is 0. The second-order valence-electron chi connectivity index (χ2n) is 6.52. The van der Waals surface area contributed by atoms with E-state index in [-0.39, 0.29) is 0 Å². The number of nitrogens with zero attached hydrogens (tertiary/aromatic N) is 1. The van der Waals surface area contributed by atoms with E-state index in [0.29, 0.717) is 6.61 Å². The zero-order chi connectivity index (χ0) is 17.2. The van der Waals surface area contributed by atoms with Crippen LogP contribution in [0.3, 0.4) is 0 Å². The summed E-state index contributed by atoms with van der Waals surface area (Å²) in [5.74, 6) is 0.764. The smallest absolute Gasteiger partial charge is 0.114 e. The highest BCUT2D eigenvalue weighted by Gasteiger charge is 1.98. The molecular weight excluding hydrogens is 286 g/mol. The summed E-state index contributed by atoms with van der Waals surface area (Å²) in [5, 5.41) is 0. The number of hydrogen-bond acceptors (Lipinski definition) is 3. The summed E-state index contributed by atoms with van der Waals surface area (Å²) in [7, 11) is 2.10. The minimum atomic E-state index is 0.523. The summed E-state index contributed by atoms with van der Waals surface area (Å²) in [4.78, 5) is 2.23. The molecule has 0 aliphatic heterocycles. The second kappa shape index (κ2) is 17.8. The van der Waals surface area contributed by atoms with Crippen molar-refractivity contribution in [2.45, 2.75) is 78.1 Å².